The van der Waals surface area contributed by atoms with Crippen LogP contribution in [0.2, 0.25) is 0 Å². The molecule has 2 aromatic rings. The van der Waals surface area contributed by atoms with E-state index in [1.54, 1.807) is 41.5 Å². The number of amides is 2. The third kappa shape index (κ3) is 8.07. The number of ether oxygens (including phenoxy) is 2. The Kier molecular flexibility index (Phi) is 9.42. The maximum absolute atomic E-state index is 15.2. The highest BCUT2D eigenvalue weighted by molar-refractivity contribution is 5.87. The van der Waals surface area contributed by atoms with Crippen LogP contribution >= 0.6 is 0 Å². The second-order valence-electron chi connectivity index (χ2n) is 11.9. The summed E-state index contributed by atoms with van der Waals surface area (Å²) in [5.74, 6) is -2.98. The van der Waals surface area contributed by atoms with Gasteiger partial charge in [-0.05, 0) is 89.8 Å². The third-order valence-electron chi connectivity index (χ3n) is 6.24. The molecule has 12 heteroatoms. The summed E-state index contributed by atoms with van der Waals surface area (Å²) in [4.78, 5) is 24.8. The van der Waals surface area contributed by atoms with Gasteiger partial charge >= 0.3 is 24.5 Å². The number of hydrogen-bond acceptors (Lipinski definition) is 4. The van der Waals surface area contributed by atoms with Gasteiger partial charge in [0.2, 0.25) is 0 Å². The molecule has 2 amide bonds. The summed E-state index contributed by atoms with van der Waals surface area (Å²) in [6.07, 6.45) is -12.8. The standard InChI is InChI=1S/C29H36F6N2O4/c1-16-10-12-19(14-21(16)36-23(38)40-25(4,5)6)27(29(33,34)35,18(3)28(30,31)32)20-13-11-17(2)22(15-20)37-24(39)41-26(7,8)9/h10-15,18H,1-9H3,(H,36,38)(H,37,39)/t18-/m0/s1. The first-order valence-electron chi connectivity index (χ1n) is 12.7. The maximum atomic E-state index is 15.2. The van der Waals surface area contributed by atoms with Crippen molar-refractivity contribution >= 4 is 23.6 Å². The fraction of sp³-hybridized carbons (Fsp3) is 0.517. The van der Waals surface area contributed by atoms with Gasteiger partial charge in [-0.25, -0.2) is 9.59 Å². The summed E-state index contributed by atoms with van der Waals surface area (Å²) in [6.45, 7) is 12.9. The number of hydrogen-bond donors (Lipinski definition) is 2. The van der Waals surface area contributed by atoms with E-state index in [-0.39, 0.29) is 11.4 Å². The number of rotatable bonds is 5. The minimum absolute atomic E-state index is 0.154. The van der Waals surface area contributed by atoms with E-state index in [9.17, 15) is 22.8 Å². The van der Waals surface area contributed by atoms with Crippen molar-refractivity contribution in [3.63, 3.8) is 0 Å². The molecule has 41 heavy (non-hydrogen) atoms. The molecule has 0 unspecified atom stereocenters. The van der Waals surface area contributed by atoms with Crippen LogP contribution in [-0.4, -0.2) is 35.7 Å². The zero-order valence-corrected chi connectivity index (χ0v) is 24.4. The van der Waals surface area contributed by atoms with Gasteiger partial charge in [0.1, 0.15) is 16.6 Å². The molecule has 0 fully saturated rings. The van der Waals surface area contributed by atoms with Crippen molar-refractivity contribution in [3.8, 4) is 0 Å². The Bertz CT molecular complexity index is 1190. The first-order chi connectivity index (χ1) is 18.4. The van der Waals surface area contributed by atoms with Gasteiger partial charge in [-0.3, -0.25) is 10.6 Å². The van der Waals surface area contributed by atoms with Crippen LogP contribution in [0.25, 0.3) is 0 Å². The van der Waals surface area contributed by atoms with Gasteiger partial charge in [-0.15, -0.1) is 0 Å². The normalized spacial score (nSPS) is 13.8. The summed E-state index contributed by atoms with van der Waals surface area (Å²) in [7, 11) is 0. The van der Waals surface area contributed by atoms with Gasteiger partial charge in [0.25, 0.3) is 0 Å². The number of carbonyl (C=O) groups excluding carboxylic acids is 2. The summed E-state index contributed by atoms with van der Waals surface area (Å²) >= 11 is 0. The van der Waals surface area contributed by atoms with E-state index >= 15 is 13.2 Å². The molecule has 0 heterocycles. The molecular weight excluding hydrogens is 554 g/mol. The quantitative estimate of drug-likeness (QED) is 0.341. The first-order valence-corrected chi connectivity index (χ1v) is 12.7. The number of halogens is 6. The van der Waals surface area contributed by atoms with Gasteiger partial charge in [0.15, 0.2) is 0 Å². The molecule has 0 saturated carbocycles. The molecule has 6 nitrogen and oxygen atoms in total. The van der Waals surface area contributed by atoms with Crippen molar-refractivity contribution in [2.24, 2.45) is 5.92 Å². The summed E-state index contributed by atoms with van der Waals surface area (Å²) in [5, 5.41) is 4.69. The fourth-order valence-electron chi connectivity index (χ4n) is 4.32. The Balaban J connectivity index is 2.85. The van der Waals surface area contributed by atoms with Crippen LogP contribution in [0.4, 0.5) is 47.3 Å². The lowest BCUT2D eigenvalue weighted by molar-refractivity contribution is -0.253. The van der Waals surface area contributed by atoms with Gasteiger partial charge in [-0.1, -0.05) is 31.2 Å². The predicted molar refractivity (Wildman–Crippen MR) is 144 cm³/mol. The molecule has 0 radical (unpaired) electrons. The van der Waals surface area contributed by atoms with Crippen molar-refractivity contribution in [2.45, 2.75) is 91.3 Å². The van der Waals surface area contributed by atoms with Crippen molar-refractivity contribution < 1.29 is 45.4 Å². The molecule has 0 aromatic heterocycles. The topological polar surface area (TPSA) is 76.7 Å². The molecule has 0 spiro atoms. The Morgan fingerprint density at radius 3 is 1.29 bits per heavy atom. The lowest BCUT2D eigenvalue weighted by Crippen LogP contribution is -2.53. The minimum atomic E-state index is -5.49. The van der Waals surface area contributed by atoms with Crippen LogP contribution in [0, 0.1) is 19.8 Å². The van der Waals surface area contributed by atoms with Crippen LogP contribution in [0.5, 0.6) is 0 Å². The van der Waals surface area contributed by atoms with Crippen LogP contribution < -0.4 is 10.6 Å². The smallest absolute Gasteiger partial charge is 0.412 e. The van der Waals surface area contributed by atoms with Crippen molar-refractivity contribution in [1.29, 1.82) is 0 Å². The number of aryl methyl sites for hydroxylation is 2. The molecular formula is C29H36F6N2O4. The second kappa shape index (κ2) is 11.4. The first kappa shape index (κ1) is 33.8. The molecule has 2 aromatic carbocycles. The molecule has 0 bridgehead atoms. The molecule has 2 N–H and O–H groups in total. The molecule has 228 valence electrons. The van der Waals surface area contributed by atoms with E-state index in [0.717, 1.165) is 24.3 Å². The maximum Gasteiger partial charge on any atom is 0.412 e. The monoisotopic (exact) mass is 590 g/mol. The van der Waals surface area contributed by atoms with E-state index in [1.165, 1.54) is 26.0 Å². The number of carbonyl (C=O) groups is 2. The van der Waals surface area contributed by atoms with Crippen LogP contribution in [0.15, 0.2) is 36.4 Å². The highest BCUT2D eigenvalue weighted by atomic mass is 19.4. The highest BCUT2D eigenvalue weighted by Gasteiger charge is 2.66. The molecule has 1 atom stereocenters. The summed E-state index contributed by atoms with van der Waals surface area (Å²) < 4.78 is 99.0. The van der Waals surface area contributed by atoms with Gasteiger partial charge in [-0.2, -0.15) is 26.3 Å². The third-order valence-corrected chi connectivity index (χ3v) is 6.24. The number of benzene rings is 2. The summed E-state index contributed by atoms with van der Waals surface area (Å²) in [5.41, 5.74) is -6.75. The molecule has 0 aliphatic heterocycles. The fourth-order valence-corrected chi connectivity index (χ4v) is 4.32. The van der Waals surface area contributed by atoms with Crippen molar-refractivity contribution in [1.82, 2.24) is 0 Å². The summed E-state index contributed by atoms with van der Waals surface area (Å²) in [6, 6.07) is 6.03. The highest BCUT2D eigenvalue weighted by Crippen LogP contribution is 2.56. The molecule has 0 aliphatic carbocycles. The SMILES string of the molecule is Cc1ccc(C(c2ccc(C)c(NC(=O)OC(C)(C)C)c2)([C@H](C)C(F)(F)F)C(F)(F)F)cc1NC(=O)OC(C)(C)C. The van der Waals surface area contributed by atoms with E-state index < -0.39 is 58.2 Å². The largest absolute Gasteiger partial charge is 0.444 e. The van der Waals surface area contributed by atoms with E-state index in [0.29, 0.717) is 18.1 Å². The van der Waals surface area contributed by atoms with E-state index in [1.807, 2.05) is 0 Å². The molecule has 2 rings (SSSR count). The average Bonchev–Trinajstić information content (AvgIpc) is 2.74. The number of alkyl halides is 6. The Hall–Kier alpha value is -3.44. The van der Waals surface area contributed by atoms with Crippen LogP contribution in [-0.2, 0) is 14.9 Å². The van der Waals surface area contributed by atoms with Crippen molar-refractivity contribution in [3.05, 3.63) is 58.7 Å². The molecule has 0 saturated heterocycles. The average molecular weight is 591 g/mol. The van der Waals surface area contributed by atoms with E-state index in [4.69, 9.17) is 9.47 Å². The number of anilines is 2. The lowest BCUT2D eigenvalue weighted by Gasteiger charge is -2.42. The Morgan fingerprint density at radius 2 is 1.02 bits per heavy atom. The predicted octanol–water partition coefficient (Wildman–Crippen LogP) is 9.04. The molecule has 0 aliphatic rings. The second-order valence-corrected chi connectivity index (χ2v) is 11.9. The zero-order chi connectivity index (χ0) is 31.8. The van der Waals surface area contributed by atoms with Crippen molar-refractivity contribution in [2.75, 3.05) is 10.6 Å². The number of nitrogens with one attached hydrogen (secondary N) is 2. The lowest BCUT2D eigenvalue weighted by atomic mass is 9.65. The van der Waals surface area contributed by atoms with Crippen LogP contribution in [0.3, 0.4) is 0 Å². The van der Waals surface area contributed by atoms with E-state index in [2.05, 4.69) is 10.6 Å². The Labute approximate surface area is 235 Å². The van der Waals surface area contributed by atoms with Crippen LogP contribution in [0.1, 0.15) is 70.7 Å². The minimum Gasteiger partial charge on any atom is -0.444 e. The van der Waals surface area contributed by atoms with Gasteiger partial charge < -0.3 is 9.47 Å². The zero-order valence-electron chi connectivity index (χ0n) is 24.4. The van der Waals surface area contributed by atoms with Gasteiger partial charge in [0, 0.05) is 11.4 Å². The Morgan fingerprint density at radius 1 is 0.683 bits per heavy atom. The van der Waals surface area contributed by atoms with Gasteiger partial charge in [0.05, 0.1) is 5.92 Å².